The van der Waals surface area contributed by atoms with E-state index in [-0.39, 0.29) is 11.9 Å². The summed E-state index contributed by atoms with van der Waals surface area (Å²) in [6.07, 6.45) is 3.81. The minimum Gasteiger partial charge on any atom is -0.456 e. The molecular weight excluding hydrogens is 274 g/mol. The Morgan fingerprint density at radius 1 is 1.50 bits per heavy atom. The van der Waals surface area contributed by atoms with Crippen LogP contribution in [0.2, 0.25) is 0 Å². The van der Waals surface area contributed by atoms with Crippen LogP contribution in [0.3, 0.4) is 0 Å². The lowest BCUT2D eigenvalue weighted by Crippen LogP contribution is -2.40. The quantitative estimate of drug-likeness (QED) is 0.851. The molecule has 1 aliphatic rings. The molecule has 106 valence electrons. The molecule has 0 N–H and O–H groups in total. The highest BCUT2D eigenvalue weighted by Gasteiger charge is 2.31. The van der Waals surface area contributed by atoms with Crippen molar-refractivity contribution >= 4 is 17.7 Å². The maximum Gasteiger partial charge on any atom is 0.290 e. The molecule has 5 nitrogen and oxygen atoms in total. The van der Waals surface area contributed by atoms with E-state index in [0.29, 0.717) is 5.76 Å². The van der Waals surface area contributed by atoms with Crippen molar-refractivity contribution in [2.24, 2.45) is 7.05 Å². The second-order valence-corrected chi connectivity index (χ2v) is 6.10. The Labute approximate surface area is 121 Å². The van der Waals surface area contributed by atoms with Crippen molar-refractivity contribution in [2.45, 2.75) is 13.0 Å². The Morgan fingerprint density at radius 2 is 2.35 bits per heavy atom. The maximum atomic E-state index is 12.6. The van der Waals surface area contributed by atoms with Gasteiger partial charge >= 0.3 is 0 Å². The summed E-state index contributed by atoms with van der Waals surface area (Å²) in [6.45, 7) is 2.59. The number of aromatic nitrogens is 2. The summed E-state index contributed by atoms with van der Waals surface area (Å²) < 4.78 is 7.24. The van der Waals surface area contributed by atoms with Crippen molar-refractivity contribution in [1.29, 1.82) is 0 Å². The Morgan fingerprint density at radius 3 is 3.00 bits per heavy atom. The third kappa shape index (κ3) is 2.47. The maximum absolute atomic E-state index is 12.6. The van der Waals surface area contributed by atoms with E-state index < -0.39 is 0 Å². The molecule has 0 aliphatic carbocycles. The SMILES string of the molecule is Cc1ccc(C(=O)N2CCSC[C@@H]2c2cnn(C)c2)o1. The predicted molar refractivity (Wildman–Crippen MR) is 77.8 cm³/mol. The van der Waals surface area contributed by atoms with Crippen LogP contribution in [0.4, 0.5) is 0 Å². The monoisotopic (exact) mass is 291 g/mol. The average Bonchev–Trinajstić information content (AvgIpc) is 3.07. The number of thioether (sulfide) groups is 1. The molecule has 0 radical (unpaired) electrons. The van der Waals surface area contributed by atoms with Crippen LogP contribution in [0.5, 0.6) is 0 Å². The van der Waals surface area contributed by atoms with Crippen molar-refractivity contribution in [1.82, 2.24) is 14.7 Å². The summed E-state index contributed by atoms with van der Waals surface area (Å²) in [5.41, 5.74) is 1.08. The van der Waals surface area contributed by atoms with Gasteiger partial charge in [0.2, 0.25) is 0 Å². The first-order valence-electron chi connectivity index (χ1n) is 6.59. The van der Waals surface area contributed by atoms with E-state index in [4.69, 9.17) is 4.42 Å². The lowest BCUT2D eigenvalue weighted by Gasteiger charge is -2.34. The Balaban J connectivity index is 1.87. The molecule has 0 spiro atoms. The highest BCUT2D eigenvalue weighted by atomic mass is 32.2. The van der Waals surface area contributed by atoms with Gasteiger partial charge in [0.25, 0.3) is 5.91 Å². The van der Waals surface area contributed by atoms with Gasteiger partial charge in [0.1, 0.15) is 5.76 Å². The Hall–Kier alpha value is -1.69. The highest BCUT2D eigenvalue weighted by molar-refractivity contribution is 7.99. The zero-order valence-corrected chi connectivity index (χ0v) is 12.4. The van der Waals surface area contributed by atoms with E-state index in [1.165, 1.54) is 0 Å². The number of amides is 1. The van der Waals surface area contributed by atoms with Crippen molar-refractivity contribution in [3.63, 3.8) is 0 Å². The van der Waals surface area contributed by atoms with Crippen LogP contribution in [0.25, 0.3) is 0 Å². The standard InChI is InChI=1S/C14H17N3O2S/c1-10-3-4-13(19-10)14(18)17-5-6-20-9-12(17)11-7-15-16(2)8-11/h3-4,7-8,12H,5-6,9H2,1-2H3/t12-/m1/s1. The van der Waals surface area contributed by atoms with Crippen LogP contribution in [0.1, 0.15) is 27.9 Å². The largest absolute Gasteiger partial charge is 0.456 e. The summed E-state index contributed by atoms with van der Waals surface area (Å²) in [7, 11) is 1.89. The van der Waals surface area contributed by atoms with Crippen LogP contribution < -0.4 is 0 Å². The fourth-order valence-electron chi connectivity index (χ4n) is 2.43. The molecule has 1 saturated heterocycles. The first-order valence-corrected chi connectivity index (χ1v) is 7.74. The molecule has 1 fully saturated rings. The van der Waals surface area contributed by atoms with Crippen LogP contribution >= 0.6 is 11.8 Å². The molecule has 0 aromatic carbocycles. The summed E-state index contributed by atoms with van der Waals surface area (Å²) in [5, 5.41) is 4.21. The predicted octanol–water partition coefficient (Wildman–Crippen LogP) is 2.25. The summed E-state index contributed by atoms with van der Waals surface area (Å²) in [4.78, 5) is 14.5. The van der Waals surface area contributed by atoms with Gasteiger partial charge in [-0.1, -0.05) is 0 Å². The second-order valence-electron chi connectivity index (χ2n) is 4.95. The topological polar surface area (TPSA) is 51.3 Å². The summed E-state index contributed by atoms with van der Waals surface area (Å²) >= 11 is 1.87. The van der Waals surface area contributed by atoms with E-state index in [1.807, 2.05) is 49.1 Å². The number of hydrogen-bond acceptors (Lipinski definition) is 4. The number of hydrogen-bond donors (Lipinski definition) is 0. The first kappa shape index (κ1) is 13.3. The molecule has 6 heteroatoms. The van der Waals surface area contributed by atoms with E-state index >= 15 is 0 Å². The first-order chi connectivity index (χ1) is 9.65. The molecule has 20 heavy (non-hydrogen) atoms. The smallest absolute Gasteiger partial charge is 0.290 e. The number of rotatable bonds is 2. The van der Waals surface area contributed by atoms with Gasteiger partial charge in [-0.25, -0.2) is 0 Å². The molecule has 0 unspecified atom stereocenters. The molecule has 3 rings (SSSR count). The minimum absolute atomic E-state index is 0.0350. The molecule has 1 atom stereocenters. The van der Waals surface area contributed by atoms with Gasteiger partial charge in [-0.15, -0.1) is 0 Å². The van der Waals surface area contributed by atoms with Crippen LogP contribution in [0.15, 0.2) is 28.9 Å². The van der Waals surface area contributed by atoms with Gasteiger partial charge in [-0.05, 0) is 19.1 Å². The molecule has 3 heterocycles. The third-order valence-electron chi connectivity index (χ3n) is 3.45. The van der Waals surface area contributed by atoms with Gasteiger partial charge in [-0.2, -0.15) is 16.9 Å². The van der Waals surface area contributed by atoms with Gasteiger partial charge in [-0.3, -0.25) is 9.48 Å². The van der Waals surface area contributed by atoms with E-state index in [9.17, 15) is 4.79 Å². The summed E-state index contributed by atoms with van der Waals surface area (Å²) in [5.74, 6) is 3.01. The molecule has 0 saturated carbocycles. The van der Waals surface area contributed by atoms with Gasteiger partial charge < -0.3 is 9.32 Å². The molecule has 2 aromatic heterocycles. The molecule has 1 aliphatic heterocycles. The van der Waals surface area contributed by atoms with Gasteiger partial charge in [0.05, 0.1) is 12.2 Å². The summed E-state index contributed by atoms with van der Waals surface area (Å²) in [6, 6.07) is 3.64. The van der Waals surface area contributed by atoms with Crippen molar-refractivity contribution in [3.8, 4) is 0 Å². The Bertz CT molecular complexity index is 619. The lowest BCUT2D eigenvalue weighted by molar-refractivity contribution is 0.0667. The minimum atomic E-state index is -0.0350. The third-order valence-corrected chi connectivity index (χ3v) is 4.47. The number of carbonyl (C=O) groups excluding carboxylic acids is 1. The zero-order valence-electron chi connectivity index (χ0n) is 11.6. The molecule has 1 amide bonds. The Kier molecular flexibility index (Phi) is 3.56. The van der Waals surface area contributed by atoms with Gasteiger partial charge in [0.15, 0.2) is 5.76 Å². The van der Waals surface area contributed by atoms with Crippen molar-refractivity contribution in [2.75, 3.05) is 18.1 Å². The van der Waals surface area contributed by atoms with Crippen LogP contribution in [-0.4, -0.2) is 38.6 Å². The number of nitrogens with zero attached hydrogens (tertiary/aromatic N) is 3. The molecule has 2 aromatic rings. The number of carbonyl (C=O) groups is 1. The van der Waals surface area contributed by atoms with E-state index in [2.05, 4.69) is 5.10 Å². The van der Waals surface area contributed by atoms with E-state index in [1.54, 1.807) is 10.7 Å². The molecule has 0 bridgehead atoms. The lowest BCUT2D eigenvalue weighted by atomic mass is 10.1. The normalized spacial score (nSPS) is 19.3. The van der Waals surface area contributed by atoms with Crippen molar-refractivity contribution < 1.29 is 9.21 Å². The van der Waals surface area contributed by atoms with Crippen LogP contribution in [-0.2, 0) is 7.05 Å². The van der Waals surface area contributed by atoms with Crippen molar-refractivity contribution in [3.05, 3.63) is 41.6 Å². The second kappa shape index (κ2) is 5.36. The fraction of sp³-hybridized carbons (Fsp3) is 0.429. The average molecular weight is 291 g/mol. The number of furan rings is 1. The van der Waals surface area contributed by atoms with Crippen LogP contribution in [0, 0.1) is 6.92 Å². The molecular formula is C14H17N3O2S. The fourth-order valence-corrected chi connectivity index (χ4v) is 3.51. The zero-order chi connectivity index (χ0) is 14.1. The highest BCUT2D eigenvalue weighted by Crippen LogP contribution is 2.30. The number of aryl methyl sites for hydroxylation is 2. The van der Waals surface area contributed by atoms with Gasteiger partial charge in [0, 0.05) is 36.9 Å². The van der Waals surface area contributed by atoms with E-state index in [0.717, 1.165) is 29.4 Å².